The molecular formula is C13H17ClFNO3. The number of halogens is 2. The molecule has 0 unspecified atom stereocenters. The molecule has 0 aliphatic carbocycles. The Balaban J connectivity index is 0.00000180. The predicted octanol–water partition coefficient (Wildman–Crippen LogP) is 2.14. The lowest BCUT2D eigenvalue weighted by Crippen LogP contribution is -2.52. The molecule has 0 radical (unpaired) electrons. The Morgan fingerprint density at radius 1 is 1.42 bits per heavy atom. The number of carbonyl (C=O) groups is 1. The van der Waals surface area contributed by atoms with E-state index in [-0.39, 0.29) is 18.2 Å². The van der Waals surface area contributed by atoms with Crippen LogP contribution in [0.4, 0.5) is 4.39 Å². The molecule has 1 fully saturated rings. The SMILES string of the molecule is Cc1cc(F)ccc1OC1(C(=O)O)CCNCC1.Cl. The molecule has 2 rings (SSSR count). The van der Waals surface area contributed by atoms with E-state index in [1.807, 2.05) is 0 Å². The summed E-state index contributed by atoms with van der Waals surface area (Å²) in [5, 5.41) is 12.5. The maximum absolute atomic E-state index is 13.0. The molecule has 1 aromatic carbocycles. The van der Waals surface area contributed by atoms with Crippen LogP contribution in [0.5, 0.6) is 5.75 Å². The Morgan fingerprint density at radius 2 is 2.05 bits per heavy atom. The number of aryl methyl sites for hydroxylation is 1. The molecule has 1 aliphatic rings. The molecule has 19 heavy (non-hydrogen) atoms. The summed E-state index contributed by atoms with van der Waals surface area (Å²) in [6.07, 6.45) is 0.804. The second kappa shape index (κ2) is 6.21. The highest BCUT2D eigenvalue weighted by Crippen LogP contribution is 2.29. The first-order valence-electron chi connectivity index (χ1n) is 5.93. The number of nitrogens with one attached hydrogen (secondary N) is 1. The van der Waals surface area contributed by atoms with Gasteiger partial charge in [-0.25, -0.2) is 9.18 Å². The molecule has 0 bridgehead atoms. The van der Waals surface area contributed by atoms with E-state index in [1.165, 1.54) is 18.2 Å². The molecule has 106 valence electrons. The minimum absolute atomic E-state index is 0. The minimum atomic E-state index is -1.20. The van der Waals surface area contributed by atoms with Crippen molar-refractivity contribution in [1.82, 2.24) is 5.32 Å². The lowest BCUT2D eigenvalue weighted by molar-refractivity contribution is -0.157. The largest absolute Gasteiger partial charge is 0.478 e. The van der Waals surface area contributed by atoms with Gasteiger partial charge in [0.2, 0.25) is 5.60 Å². The Labute approximate surface area is 117 Å². The second-order valence-corrected chi connectivity index (χ2v) is 4.56. The van der Waals surface area contributed by atoms with Crippen molar-refractivity contribution in [2.75, 3.05) is 13.1 Å². The summed E-state index contributed by atoms with van der Waals surface area (Å²) in [6.45, 7) is 2.91. The average molecular weight is 290 g/mol. The summed E-state index contributed by atoms with van der Waals surface area (Å²) in [5.74, 6) is -0.886. The molecule has 1 aromatic rings. The van der Waals surface area contributed by atoms with Crippen molar-refractivity contribution in [3.05, 3.63) is 29.6 Å². The van der Waals surface area contributed by atoms with Crippen molar-refractivity contribution in [3.63, 3.8) is 0 Å². The normalized spacial score (nSPS) is 17.4. The van der Waals surface area contributed by atoms with Gasteiger partial charge in [-0.2, -0.15) is 0 Å². The lowest BCUT2D eigenvalue weighted by Gasteiger charge is -2.34. The Kier molecular flexibility index (Phi) is 5.14. The zero-order chi connectivity index (χ0) is 13.2. The lowest BCUT2D eigenvalue weighted by atomic mass is 9.92. The fourth-order valence-electron chi connectivity index (χ4n) is 2.13. The fourth-order valence-corrected chi connectivity index (χ4v) is 2.13. The monoisotopic (exact) mass is 289 g/mol. The standard InChI is InChI=1S/C13H16FNO3.ClH/c1-9-8-10(14)2-3-11(9)18-13(12(16)17)4-6-15-7-5-13;/h2-3,8,15H,4-7H2,1H3,(H,16,17);1H. The van der Waals surface area contributed by atoms with E-state index >= 15 is 0 Å². The highest BCUT2D eigenvalue weighted by Gasteiger charge is 2.42. The van der Waals surface area contributed by atoms with E-state index in [0.717, 1.165) is 0 Å². The van der Waals surface area contributed by atoms with Crippen molar-refractivity contribution >= 4 is 18.4 Å². The predicted molar refractivity (Wildman–Crippen MR) is 71.5 cm³/mol. The van der Waals surface area contributed by atoms with Gasteiger partial charge >= 0.3 is 5.97 Å². The zero-order valence-electron chi connectivity index (χ0n) is 10.6. The molecule has 1 heterocycles. The Hall–Kier alpha value is -1.33. The number of hydrogen-bond donors (Lipinski definition) is 2. The van der Waals surface area contributed by atoms with Crippen molar-refractivity contribution in [1.29, 1.82) is 0 Å². The molecule has 2 N–H and O–H groups in total. The van der Waals surface area contributed by atoms with Crippen molar-refractivity contribution in [3.8, 4) is 5.75 Å². The Bertz CT molecular complexity index is 461. The molecule has 4 nitrogen and oxygen atoms in total. The van der Waals surface area contributed by atoms with E-state index < -0.39 is 11.6 Å². The van der Waals surface area contributed by atoms with E-state index in [4.69, 9.17) is 4.74 Å². The second-order valence-electron chi connectivity index (χ2n) is 4.56. The maximum atomic E-state index is 13.0. The van der Waals surface area contributed by atoms with Crippen molar-refractivity contribution in [2.24, 2.45) is 0 Å². The van der Waals surface area contributed by atoms with Gasteiger partial charge in [0.05, 0.1) is 0 Å². The Morgan fingerprint density at radius 3 is 2.58 bits per heavy atom. The summed E-state index contributed by atoms with van der Waals surface area (Å²) in [6, 6.07) is 4.10. The first kappa shape index (κ1) is 15.7. The number of benzene rings is 1. The fraction of sp³-hybridized carbons (Fsp3) is 0.462. The highest BCUT2D eigenvalue weighted by atomic mass is 35.5. The third-order valence-electron chi connectivity index (χ3n) is 3.24. The van der Waals surface area contributed by atoms with Crippen LogP contribution >= 0.6 is 12.4 Å². The quantitative estimate of drug-likeness (QED) is 0.895. The number of ether oxygens (including phenoxy) is 1. The molecule has 6 heteroatoms. The molecule has 0 saturated carbocycles. The number of piperidine rings is 1. The van der Waals surface area contributed by atoms with Crippen LogP contribution in [-0.2, 0) is 4.79 Å². The molecule has 0 spiro atoms. The molecule has 0 aromatic heterocycles. The molecule has 0 atom stereocenters. The van der Waals surface area contributed by atoms with E-state index in [2.05, 4.69) is 5.32 Å². The number of rotatable bonds is 3. The number of aliphatic carboxylic acids is 1. The van der Waals surface area contributed by atoms with Gasteiger partial charge in [0.25, 0.3) is 0 Å². The third kappa shape index (κ3) is 3.36. The summed E-state index contributed by atoms with van der Waals surface area (Å²) >= 11 is 0. The van der Waals surface area contributed by atoms with Gasteiger partial charge in [-0.05, 0) is 43.8 Å². The summed E-state index contributed by atoms with van der Waals surface area (Å²) in [7, 11) is 0. The maximum Gasteiger partial charge on any atom is 0.348 e. The van der Waals surface area contributed by atoms with Crippen molar-refractivity contribution < 1.29 is 19.0 Å². The molecule has 1 saturated heterocycles. The first-order valence-corrected chi connectivity index (χ1v) is 5.93. The topological polar surface area (TPSA) is 58.6 Å². The molecule has 1 aliphatic heterocycles. The average Bonchev–Trinajstić information content (AvgIpc) is 2.34. The number of carboxylic acids is 1. The van der Waals surface area contributed by atoms with Crippen LogP contribution in [0.15, 0.2) is 18.2 Å². The summed E-state index contributed by atoms with van der Waals surface area (Å²) in [4.78, 5) is 11.4. The van der Waals surface area contributed by atoms with Gasteiger partial charge < -0.3 is 15.2 Å². The molecular weight excluding hydrogens is 273 g/mol. The van der Waals surface area contributed by atoms with Crippen LogP contribution in [0.25, 0.3) is 0 Å². The smallest absolute Gasteiger partial charge is 0.348 e. The van der Waals surface area contributed by atoms with Gasteiger partial charge in [-0.1, -0.05) is 0 Å². The summed E-state index contributed by atoms with van der Waals surface area (Å²) < 4.78 is 18.7. The van der Waals surface area contributed by atoms with Gasteiger partial charge in [0, 0.05) is 12.8 Å². The van der Waals surface area contributed by atoms with E-state index in [9.17, 15) is 14.3 Å². The molecule has 0 amide bonds. The van der Waals surface area contributed by atoms with E-state index in [0.29, 0.717) is 37.2 Å². The van der Waals surface area contributed by atoms with Crippen LogP contribution in [-0.4, -0.2) is 29.8 Å². The van der Waals surface area contributed by atoms with Gasteiger partial charge in [-0.3, -0.25) is 0 Å². The highest BCUT2D eigenvalue weighted by molar-refractivity contribution is 5.85. The van der Waals surface area contributed by atoms with Crippen LogP contribution in [0, 0.1) is 12.7 Å². The van der Waals surface area contributed by atoms with Gasteiger partial charge in [0.15, 0.2) is 0 Å². The van der Waals surface area contributed by atoms with Crippen LogP contribution in [0.3, 0.4) is 0 Å². The van der Waals surface area contributed by atoms with Gasteiger partial charge in [-0.15, -0.1) is 12.4 Å². The van der Waals surface area contributed by atoms with Crippen LogP contribution < -0.4 is 10.1 Å². The van der Waals surface area contributed by atoms with Crippen LogP contribution in [0.1, 0.15) is 18.4 Å². The third-order valence-corrected chi connectivity index (χ3v) is 3.24. The summed E-state index contributed by atoms with van der Waals surface area (Å²) in [5.41, 5.74) is -0.595. The van der Waals surface area contributed by atoms with Crippen LogP contribution in [0.2, 0.25) is 0 Å². The van der Waals surface area contributed by atoms with E-state index in [1.54, 1.807) is 6.92 Å². The number of carboxylic acid groups (broad SMARTS) is 1. The zero-order valence-corrected chi connectivity index (χ0v) is 11.4. The van der Waals surface area contributed by atoms with Crippen molar-refractivity contribution in [2.45, 2.75) is 25.4 Å². The number of hydrogen-bond acceptors (Lipinski definition) is 3. The van der Waals surface area contributed by atoms with Gasteiger partial charge in [0.1, 0.15) is 11.6 Å². The first-order chi connectivity index (χ1) is 8.53. The minimum Gasteiger partial charge on any atom is -0.478 e.